The van der Waals surface area contributed by atoms with E-state index in [9.17, 15) is 4.79 Å². The van der Waals surface area contributed by atoms with Gasteiger partial charge in [-0.15, -0.1) is 0 Å². The lowest BCUT2D eigenvalue weighted by Crippen LogP contribution is -2.39. The minimum absolute atomic E-state index is 0.230. The van der Waals surface area contributed by atoms with Crippen LogP contribution in [-0.2, 0) is 4.79 Å². The normalized spacial score (nSPS) is 19.1. The molecule has 1 aliphatic heterocycles. The minimum Gasteiger partial charge on any atom is -0.356 e. The molecule has 1 aromatic heterocycles. The van der Waals surface area contributed by atoms with Crippen LogP contribution >= 0.6 is 0 Å². The van der Waals surface area contributed by atoms with Gasteiger partial charge in [0.25, 0.3) is 0 Å². The number of rotatable bonds is 4. The summed E-state index contributed by atoms with van der Waals surface area (Å²) in [4.78, 5) is 18.2. The molecule has 2 fully saturated rings. The maximum absolute atomic E-state index is 11.6. The predicted octanol–water partition coefficient (Wildman–Crippen LogP) is 1.70. The first-order valence-corrected chi connectivity index (χ1v) is 7.65. The number of nitrogens with zero attached hydrogens (tertiary/aromatic N) is 3. The predicted molar refractivity (Wildman–Crippen MR) is 79.6 cm³/mol. The highest BCUT2D eigenvalue weighted by molar-refractivity contribution is 5.80. The smallest absolute Gasteiger partial charge is 0.223 e. The van der Waals surface area contributed by atoms with E-state index in [1.54, 1.807) is 12.3 Å². The third kappa shape index (κ3) is 3.33. The summed E-state index contributed by atoms with van der Waals surface area (Å²) < 4.78 is 0. The average molecular weight is 284 g/mol. The second kappa shape index (κ2) is 6.13. The molecule has 0 unspecified atom stereocenters. The van der Waals surface area contributed by atoms with Crippen LogP contribution in [0, 0.1) is 23.2 Å². The molecule has 0 aromatic carbocycles. The van der Waals surface area contributed by atoms with E-state index in [-0.39, 0.29) is 11.8 Å². The number of carbonyl (C=O) groups excluding carboxylic acids is 1. The van der Waals surface area contributed by atoms with Crippen LogP contribution in [0.2, 0.25) is 0 Å². The third-order valence-electron chi connectivity index (χ3n) is 4.33. The van der Waals surface area contributed by atoms with Gasteiger partial charge in [-0.1, -0.05) is 0 Å². The highest BCUT2D eigenvalue weighted by atomic mass is 16.2. The molecular weight excluding hydrogens is 264 g/mol. The van der Waals surface area contributed by atoms with Crippen molar-refractivity contribution in [2.45, 2.75) is 25.7 Å². The lowest BCUT2D eigenvalue weighted by atomic mass is 9.96. The van der Waals surface area contributed by atoms with E-state index in [1.807, 2.05) is 6.07 Å². The number of anilines is 1. The first kappa shape index (κ1) is 13.9. The van der Waals surface area contributed by atoms with Crippen LogP contribution in [0.1, 0.15) is 31.2 Å². The zero-order chi connectivity index (χ0) is 14.7. The van der Waals surface area contributed by atoms with Gasteiger partial charge in [0.2, 0.25) is 5.91 Å². The summed E-state index contributed by atoms with van der Waals surface area (Å²) >= 11 is 0. The van der Waals surface area contributed by atoms with Crippen molar-refractivity contribution in [3.05, 3.63) is 23.9 Å². The van der Waals surface area contributed by atoms with Gasteiger partial charge in [0, 0.05) is 31.7 Å². The van der Waals surface area contributed by atoms with Gasteiger partial charge < -0.3 is 10.2 Å². The van der Waals surface area contributed by atoms with E-state index in [4.69, 9.17) is 5.26 Å². The summed E-state index contributed by atoms with van der Waals surface area (Å²) in [7, 11) is 0. The van der Waals surface area contributed by atoms with Crippen LogP contribution in [0.3, 0.4) is 0 Å². The van der Waals surface area contributed by atoms with Crippen LogP contribution in [0.15, 0.2) is 18.3 Å². The number of amides is 1. The molecular formula is C16H20N4O. The van der Waals surface area contributed by atoms with Crippen molar-refractivity contribution < 1.29 is 4.79 Å². The molecule has 1 N–H and O–H groups in total. The Balaban J connectivity index is 1.50. The highest BCUT2D eigenvalue weighted by Crippen LogP contribution is 2.29. The van der Waals surface area contributed by atoms with Crippen molar-refractivity contribution >= 4 is 11.7 Å². The van der Waals surface area contributed by atoms with Gasteiger partial charge in [-0.3, -0.25) is 4.79 Å². The van der Waals surface area contributed by atoms with Crippen molar-refractivity contribution in [3.63, 3.8) is 0 Å². The Morgan fingerprint density at radius 3 is 2.81 bits per heavy atom. The van der Waals surface area contributed by atoms with Crippen molar-refractivity contribution in [3.8, 4) is 6.07 Å². The summed E-state index contributed by atoms with van der Waals surface area (Å²) in [5, 5.41) is 12.2. The van der Waals surface area contributed by atoms with E-state index in [0.29, 0.717) is 11.5 Å². The lowest BCUT2D eigenvalue weighted by molar-refractivity contribution is -0.122. The van der Waals surface area contributed by atoms with Crippen molar-refractivity contribution in [2.24, 2.45) is 11.8 Å². The molecule has 3 rings (SSSR count). The molecule has 5 nitrogen and oxygen atoms in total. The van der Waals surface area contributed by atoms with Crippen molar-refractivity contribution in [1.82, 2.24) is 10.3 Å². The summed E-state index contributed by atoms with van der Waals surface area (Å²) in [5.74, 6) is 1.85. The maximum atomic E-state index is 11.6. The Morgan fingerprint density at radius 1 is 1.38 bits per heavy atom. The second-order valence-electron chi connectivity index (χ2n) is 5.94. The fourth-order valence-electron chi connectivity index (χ4n) is 2.82. The van der Waals surface area contributed by atoms with Gasteiger partial charge in [-0.2, -0.15) is 5.26 Å². The van der Waals surface area contributed by atoms with Crippen LogP contribution in [0.25, 0.3) is 0 Å². The second-order valence-corrected chi connectivity index (χ2v) is 5.94. The third-order valence-corrected chi connectivity index (χ3v) is 4.33. The van der Waals surface area contributed by atoms with Crippen molar-refractivity contribution in [2.75, 3.05) is 24.5 Å². The molecule has 2 heterocycles. The summed E-state index contributed by atoms with van der Waals surface area (Å²) in [5.41, 5.74) is 0.637. The fourth-order valence-corrected chi connectivity index (χ4v) is 2.82. The number of nitrogens with one attached hydrogen (secondary N) is 1. The van der Waals surface area contributed by atoms with Crippen LogP contribution < -0.4 is 10.2 Å². The van der Waals surface area contributed by atoms with Gasteiger partial charge in [-0.25, -0.2) is 4.98 Å². The fraction of sp³-hybridized carbons (Fsp3) is 0.562. The molecule has 1 saturated carbocycles. The minimum atomic E-state index is 0.230. The zero-order valence-electron chi connectivity index (χ0n) is 12.1. The van der Waals surface area contributed by atoms with Crippen molar-refractivity contribution in [1.29, 1.82) is 5.26 Å². The zero-order valence-corrected chi connectivity index (χ0v) is 12.1. The van der Waals surface area contributed by atoms with Crippen LogP contribution in [0.4, 0.5) is 5.82 Å². The molecule has 5 heteroatoms. The number of nitriles is 1. The van der Waals surface area contributed by atoms with Crippen LogP contribution in [0.5, 0.6) is 0 Å². The van der Waals surface area contributed by atoms with Gasteiger partial charge in [-0.05, 0) is 43.7 Å². The van der Waals surface area contributed by atoms with E-state index in [0.717, 1.165) is 51.1 Å². The Kier molecular flexibility index (Phi) is 4.05. The Bertz CT molecular complexity index is 554. The highest BCUT2D eigenvalue weighted by Gasteiger charge is 2.30. The molecule has 0 bridgehead atoms. The number of hydrogen-bond acceptors (Lipinski definition) is 4. The first-order valence-electron chi connectivity index (χ1n) is 7.65. The summed E-state index contributed by atoms with van der Waals surface area (Å²) in [6, 6.07) is 5.81. The molecule has 0 spiro atoms. The Morgan fingerprint density at radius 2 is 2.14 bits per heavy atom. The summed E-state index contributed by atoms with van der Waals surface area (Å²) in [6.45, 7) is 2.59. The van der Waals surface area contributed by atoms with Gasteiger partial charge in [0.15, 0.2) is 0 Å². The molecule has 1 saturated heterocycles. The van der Waals surface area contributed by atoms with Crippen LogP contribution in [-0.4, -0.2) is 30.5 Å². The van der Waals surface area contributed by atoms with E-state index in [1.165, 1.54) is 0 Å². The number of pyridine rings is 1. The van der Waals surface area contributed by atoms with Gasteiger partial charge in [0.05, 0.1) is 5.56 Å². The molecule has 1 aliphatic carbocycles. The molecule has 0 atom stereocenters. The Labute approximate surface area is 125 Å². The lowest BCUT2D eigenvalue weighted by Gasteiger charge is -2.33. The Hall–Kier alpha value is -2.09. The quantitative estimate of drug-likeness (QED) is 0.913. The molecule has 1 aromatic rings. The first-order chi connectivity index (χ1) is 10.3. The van der Waals surface area contributed by atoms with E-state index >= 15 is 0 Å². The standard InChI is InChI=1S/C16H20N4O/c17-10-14-2-1-7-18-15(14)20-8-5-12(6-9-20)11-19-16(21)13-3-4-13/h1-2,7,12-13H,3-6,8-9,11H2,(H,19,21). The van der Waals surface area contributed by atoms with E-state index < -0.39 is 0 Å². The number of hydrogen-bond donors (Lipinski definition) is 1. The number of piperidine rings is 1. The molecule has 2 aliphatic rings. The largest absolute Gasteiger partial charge is 0.356 e. The summed E-state index contributed by atoms with van der Waals surface area (Å²) in [6.07, 6.45) is 5.92. The number of carbonyl (C=O) groups is 1. The monoisotopic (exact) mass is 284 g/mol. The van der Waals surface area contributed by atoms with Gasteiger partial charge >= 0.3 is 0 Å². The molecule has 110 valence electrons. The average Bonchev–Trinajstić information content (AvgIpc) is 3.38. The van der Waals surface area contributed by atoms with E-state index in [2.05, 4.69) is 21.3 Å². The topological polar surface area (TPSA) is 69.0 Å². The molecule has 1 amide bonds. The maximum Gasteiger partial charge on any atom is 0.223 e. The molecule has 21 heavy (non-hydrogen) atoms. The van der Waals surface area contributed by atoms with Gasteiger partial charge in [0.1, 0.15) is 11.9 Å². The SMILES string of the molecule is N#Cc1cccnc1N1CCC(CNC(=O)C2CC2)CC1. The molecule has 0 radical (unpaired) electrons. The number of aromatic nitrogens is 1.